The molecule has 3 N–H and O–H groups in total. The maximum atomic E-state index is 11.9. The van der Waals surface area contributed by atoms with E-state index in [1.54, 1.807) is 24.2 Å². The monoisotopic (exact) mass is 584 g/mol. The number of urea groups is 1. The third-order valence-electron chi connectivity index (χ3n) is 7.25. The largest absolute Gasteiger partial charge is 0.392 e. The second-order valence-electron chi connectivity index (χ2n) is 10.2. The van der Waals surface area contributed by atoms with Crippen molar-refractivity contribution in [3.05, 3.63) is 114 Å². The van der Waals surface area contributed by atoms with Crippen LogP contribution >= 0.6 is 11.8 Å². The Morgan fingerprint density at radius 2 is 1.62 bits per heavy atom. The lowest BCUT2D eigenvalue weighted by atomic mass is 9.91. The average molecular weight is 585 g/mol. The van der Waals surface area contributed by atoms with Gasteiger partial charge in [0.25, 0.3) is 0 Å². The second-order valence-corrected chi connectivity index (χ2v) is 11.2. The number of aliphatic hydroxyl groups excluding tert-OH is 1. The molecule has 0 bridgehead atoms. The number of nitrogens with zero attached hydrogens (tertiary/aromatic N) is 2. The molecule has 0 radical (unpaired) electrons. The molecule has 1 fully saturated rings. The van der Waals surface area contributed by atoms with Gasteiger partial charge in [-0.25, -0.2) is 14.8 Å². The summed E-state index contributed by atoms with van der Waals surface area (Å²) in [6.07, 6.45) is 2.59. The predicted molar refractivity (Wildman–Crippen MR) is 164 cm³/mol. The van der Waals surface area contributed by atoms with Gasteiger partial charge in [0, 0.05) is 42.7 Å². The van der Waals surface area contributed by atoms with E-state index in [4.69, 9.17) is 9.47 Å². The molecule has 218 valence electrons. The van der Waals surface area contributed by atoms with E-state index in [1.165, 1.54) is 0 Å². The standard InChI is InChI=1S/C33H36N4O4S/c1-3-34-32(39)37-19-24-7-4-8-26(17-24)27-9-5-10-28(18-27)31-40-29(21-42-33-35-15-6-16-36-33)22(2)30(41-31)25-13-11-23(20-38)12-14-25/h4-18,22,29-31,38H,3,19-21H2,1-2H3,(H2,34,37,39)/t22-,29+,30+,31+/m0/s1. The first-order valence-corrected chi connectivity index (χ1v) is 15.1. The molecule has 0 unspecified atom stereocenters. The Bertz CT molecular complexity index is 1450. The van der Waals surface area contributed by atoms with Crippen LogP contribution in [0.1, 0.15) is 48.5 Å². The van der Waals surface area contributed by atoms with Gasteiger partial charge >= 0.3 is 6.03 Å². The van der Waals surface area contributed by atoms with Gasteiger partial charge in [-0.3, -0.25) is 0 Å². The number of aromatic nitrogens is 2. The van der Waals surface area contributed by atoms with Crippen molar-refractivity contribution in [2.24, 2.45) is 5.92 Å². The summed E-state index contributed by atoms with van der Waals surface area (Å²) in [4.78, 5) is 20.6. The maximum absolute atomic E-state index is 11.9. The van der Waals surface area contributed by atoms with E-state index >= 15 is 0 Å². The van der Waals surface area contributed by atoms with Crippen LogP contribution in [-0.2, 0) is 22.6 Å². The first-order chi connectivity index (χ1) is 20.5. The fourth-order valence-corrected chi connectivity index (χ4v) is 5.92. The Balaban J connectivity index is 1.38. The van der Waals surface area contributed by atoms with Crippen molar-refractivity contribution in [2.75, 3.05) is 12.3 Å². The number of hydrogen-bond acceptors (Lipinski definition) is 7. The Hall–Kier alpha value is -3.76. The highest BCUT2D eigenvalue weighted by atomic mass is 32.2. The van der Waals surface area contributed by atoms with Crippen molar-refractivity contribution in [1.82, 2.24) is 20.6 Å². The Morgan fingerprint density at radius 1 is 0.881 bits per heavy atom. The summed E-state index contributed by atoms with van der Waals surface area (Å²) in [5.41, 5.74) is 5.91. The first-order valence-electron chi connectivity index (χ1n) is 14.2. The first kappa shape index (κ1) is 29.7. The molecule has 4 atom stereocenters. The molecule has 8 nitrogen and oxygen atoms in total. The molecule has 1 aliphatic rings. The smallest absolute Gasteiger partial charge is 0.315 e. The van der Waals surface area contributed by atoms with Crippen LogP contribution in [-0.4, -0.2) is 39.5 Å². The predicted octanol–water partition coefficient (Wildman–Crippen LogP) is 6.04. The minimum absolute atomic E-state index is 0.000570. The number of benzene rings is 3. The minimum Gasteiger partial charge on any atom is -0.392 e. The average Bonchev–Trinajstić information content (AvgIpc) is 3.04. The van der Waals surface area contributed by atoms with Crippen LogP contribution in [0.2, 0.25) is 0 Å². The summed E-state index contributed by atoms with van der Waals surface area (Å²) in [7, 11) is 0. The minimum atomic E-state index is -0.575. The molecule has 1 saturated heterocycles. The van der Waals surface area contributed by atoms with Crippen LogP contribution in [0, 0.1) is 5.92 Å². The lowest BCUT2D eigenvalue weighted by Gasteiger charge is -2.41. The highest BCUT2D eigenvalue weighted by molar-refractivity contribution is 7.99. The summed E-state index contributed by atoms with van der Waals surface area (Å²) < 4.78 is 13.3. The summed E-state index contributed by atoms with van der Waals surface area (Å²) in [6, 6.07) is 25.9. The van der Waals surface area contributed by atoms with Gasteiger partial charge in [0.2, 0.25) is 0 Å². The molecule has 2 amide bonds. The number of aliphatic hydroxyl groups is 1. The molecule has 2 heterocycles. The summed E-state index contributed by atoms with van der Waals surface area (Å²) in [6.45, 7) is 5.06. The van der Waals surface area contributed by atoms with E-state index in [0.29, 0.717) is 24.0 Å². The second kappa shape index (κ2) is 14.4. The lowest BCUT2D eigenvalue weighted by molar-refractivity contribution is -0.268. The topological polar surface area (TPSA) is 106 Å². The van der Waals surface area contributed by atoms with E-state index in [1.807, 2.05) is 61.5 Å². The normalized spacial score (nSPS) is 20.2. The van der Waals surface area contributed by atoms with Crippen LogP contribution in [0.4, 0.5) is 4.79 Å². The SMILES string of the molecule is CCNC(=O)NCc1cccc(-c2cccc([C@@H]3O[C@H](CSc4ncccn4)[C@H](C)[C@H](c4ccc(CO)cc4)O3)c2)c1. The van der Waals surface area contributed by atoms with Crippen LogP contribution in [0.15, 0.2) is 96.4 Å². The molecular formula is C33H36N4O4S. The Morgan fingerprint density at radius 3 is 2.36 bits per heavy atom. The van der Waals surface area contributed by atoms with Gasteiger partial charge in [-0.05, 0) is 52.9 Å². The Labute approximate surface area is 250 Å². The molecule has 5 rings (SSSR count). The quantitative estimate of drug-likeness (QED) is 0.154. The number of hydrogen-bond donors (Lipinski definition) is 3. The zero-order valence-corrected chi connectivity index (χ0v) is 24.6. The van der Waals surface area contributed by atoms with Crippen molar-refractivity contribution < 1.29 is 19.4 Å². The lowest BCUT2D eigenvalue weighted by Crippen LogP contribution is -2.38. The number of carbonyl (C=O) groups excluding carboxylic acids is 1. The van der Waals surface area contributed by atoms with Crippen molar-refractivity contribution >= 4 is 17.8 Å². The van der Waals surface area contributed by atoms with Crippen molar-refractivity contribution in [3.63, 3.8) is 0 Å². The summed E-state index contributed by atoms with van der Waals surface area (Å²) in [5.74, 6) is 0.742. The van der Waals surface area contributed by atoms with Gasteiger partial charge in [0.1, 0.15) is 0 Å². The fraction of sp³-hybridized carbons (Fsp3) is 0.303. The van der Waals surface area contributed by atoms with Crippen molar-refractivity contribution in [2.45, 2.75) is 50.7 Å². The molecule has 4 aromatic rings. The number of amides is 2. The van der Waals surface area contributed by atoms with Gasteiger partial charge in [0.05, 0.1) is 18.8 Å². The highest BCUT2D eigenvalue weighted by Gasteiger charge is 2.38. The zero-order valence-electron chi connectivity index (χ0n) is 23.8. The summed E-state index contributed by atoms with van der Waals surface area (Å²) >= 11 is 1.57. The molecule has 0 saturated carbocycles. The van der Waals surface area contributed by atoms with E-state index < -0.39 is 6.29 Å². The third-order valence-corrected chi connectivity index (χ3v) is 8.22. The molecule has 3 aromatic carbocycles. The van der Waals surface area contributed by atoms with Gasteiger partial charge < -0.3 is 25.2 Å². The zero-order chi connectivity index (χ0) is 29.3. The van der Waals surface area contributed by atoms with E-state index in [-0.39, 0.29) is 30.8 Å². The van der Waals surface area contributed by atoms with Crippen LogP contribution in [0.25, 0.3) is 11.1 Å². The maximum Gasteiger partial charge on any atom is 0.315 e. The van der Waals surface area contributed by atoms with Crippen molar-refractivity contribution in [3.8, 4) is 11.1 Å². The number of nitrogens with one attached hydrogen (secondary N) is 2. The van der Waals surface area contributed by atoms with Crippen LogP contribution in [0.5, 0.6) is 0 Å². The highest BCUT2D eigenvalue weighted by Crippen LogP contribution is 2.43. The van der Waals surface area contributed by atoms with E-state index in [9.17, 15) is 9.90 Å². The number of thioether (sulfide) groups is 1. The molecule has 0 spiro atoms. The third kappa shape index (κ3) is 7.54. The van der Waals surface area contributed by atoms with Gasteiger partial charge in [-0.1, -0.05) is 79.3 Å². The molecule has 1 aliphatic heterocycles. The molecule has 1 aromatic heterocycles. The van der Waals surface area contributed by atoms with Crippen LogP contribution < -0.4 is 10.6 Å². The fourth-order valence-electron chi connectivity index (χ4n) is 4.96. The molecule has 0 aliphatic carbocycles. The Kier molecular flexibility index (Phi) is 10.2. The number of rotatable bonds is 10. The van der Waals surface area contributed by atoms with Crippen molar-refractivity contribution in [1.29, 1.82) is 0 Å². The molecular weight excluding hydrogens is 548 g/mol. The van der Waals surface area contributed by atoms with E-state index in [2.05, 4.69) is 51.8 Å². The number of carbonyl (C=O) groups is 1. The van der Waals surface area contributed by atoms with Gasteiger partial charge in [-0.15, -0.1) is 0 Å². The van der Waals surface area contributed by atoms with Crippen LogP contribution in [0.3, 0.4) is 0 Å². The summed E-state index contributed by atoms with van der Waals surface area (Å²) in [5, 5.41) is 15.9. The molecule has 9 heteroatoms. The van der Waals surface area contributed by atoms with Gasteiger partial charge in [-0.2, -0.15) is 0 Å². The van der Waals surface area contributed by atoms with E-state index in [0.717, 1.165) is 33.4 Å². The van der Waals surface area contributed by atoms with Gasteiger partial charge in [0.15, 0.2) is 11.4 Å². The number of ether oxygens (including phenoxy) is 2. The molecule has 42 heavy (non-hydrogen) atoms.